The average Bonchev–Trinajstić information content (AvgIpc) is 3.04. The monoisotopic (exact) mass is 399 g/mol. The molecule has 4 rings (SSSR count). The van der Waals surface area contributed by atoms with Crippen molar-refractivity contribution in [3.63, 3.8) is 0 Å². The molecule has 1 N–H and O–H groups in total. The van der Waals surface area contributed by atoms with Crippen LogP contribution in [0.25, 0.3) is 5.57 Å². The second-order valence-corrected chi connectivity index (χ2v) is 9.69. The highest BCUT2D eigenvalue weighted by Crippen LogP contribution is 2.43. The molecule has 3 aliphatic heterocycles. The second kappa shape index (κ2) is 7.63. The summed E-state index contributed by atoms with van der Waals surface area (Å²) in [5.41, 5.74) is 2.98. The van der Waals surface area contributed by atoms with Gasteiger partial charge in [0.25, 0.3) is 0 Å². The van der Waals surface area contributed by atoms with Crippen molar-refractivity contribution >= 4 is 11.7 Å². The van der Waals surface area contributed by atoms with Gasteiger partial charge in [-0.1, -0.05) is 6.08 Å². The number of piperidine rings is 1. The van der Waals surface area contributed by atoms with Gasteiger partial charge in [-0.2, -0.15) is 0 Å². The van der Waals surface area contributed by atoms with Crippen molar-refractivity contribution < 1.29 is 14.3 Å². The third-order valence-electron chi connectivity index (χ3n) is 6.24. The molecule has 0 bridgehead atoms. The van der Waals surface area contributed by atoms with Gasteiger partial charge in [0, 0.05) is 37.5 Å². The molecule has 4 heterocycles. The summed E-state index contributed by atoms with van der Waals surface area (Å²) < 4.78 is 11.9. The zero-order valence-electron chi connectivity index (χ0n) is 18.1. The Bertz CT molecular complexity index is 806. The molecule has 0 unspecified atom stereocenters. The van der Waals surface area contributed by atoms with Gasteiger partial charge in [-0.25, -0.2) is 4.79 Å². The molecule has 0 spiro atoms. The van der Waals surface area contributed by atoms with Gasteiger partial charge in [0.2, 0.25) is 0 Å². The van der Waals surface area contributed by atoms with Crippen molar-refractivity contribution in [1.29, 1.82) is 0 Å². The van der Waals surface area contributed by atoms with E-state index in [2.05, 4.69) is 29.4 Å². The number of ether oxygens (including phenoxy) is 2. The predicted molar refractivity (Wildman–Crippen MR) is 113 cm³/mol. The van der Waals surface area contributed by atoms with Crippen molar-refractivity contribution in [1.82, 2.24) is 15.2 Å². The van der Waals surface area contributed by atoms with Gasteiger partial charge in [-0.3, -0.25) is 4.98 Å². The van der Waals surface area contributed by atoms with Gasteiger partial charge in [0.15, 0.2) is 0 Å². The summed E-state index contributed by atoms with van der Waals surface area (Å²) in [7, 11) is 0. The number of likely N-dealkylation sites (tertiary alicyclic amines) is 1. The van der Waals surface area contributed by atoms with Crippen LogP contribution in [0.15, 0.2) is 18.3 Å². The first-order valence-electron chi connectivity index (χ1n) is 10.8. The standard InChI is InChI=1S/C23H33N3O3/c1-22(2,3)29-21(27)26-11-7-18(8-12-26)23(4)14-17-13-19(25-15-20(17)28-23)16-5-9-24-10-6-16/h5,13,15,18,24H,6-12,14H2,1-4H3/t23-/m1/s1. The van der Waals surface area contributed by atoms with Crippen LogP contribution >= 0.6 is 0 Å². The maximum Gasteiger partial charge on any atom is 0.410 e. The quantitative estimate of drug-likeness (QED) is 0.820. The Morgan fingerprint density at radius 1 is 1.34 bits per heavy atom. The first-order valence-corrected chi connectivity index (χ1v) is 10.8. The fourth-order valence-corrected chi connectivity index (χ4v) is 4.64. The summed E-state index contributed by atoms with van der Waals surface area (Å²) in [6, 6.07) is 2.22. The average molecular weight is 400 g/mol. The molecular formula is C23H33N3O3. The molecule has 1 aromatic rings. The molecule has 0 radical (unpaired) electrons. The van der Waals surface area contributed by atoms with Crippen molar-refractivity contribution in [3.05, 3.63) is 29.6 Å². The van der Waals surface area contributed by atoms with Crippen LogP contribution in [0.3, 0.4) is 0 Å². The Morgan fingerprint density at radius 3 is 2.76 bits per heavy atom. The third-order valence-corrected chi connectivity index (χ3v) is 6.24. The second-order valence-electron chi connectivity index (χ2n) is 9.69. The summed E-state index contributed by atoms with van der Waals surface area (Å²) >= 11 is 0. The zero-order chi connectivity index (χ0) is 20.6. The highest BCUT2D eigenvalue weighted by Gasteiger charge is 2.44. The molecule has 158 valence electrons. The molecule has 1 fully saturated rings. The highest BCUT2D eigenvalue weighted by atomic mass is 16.6. The number of hydrogen-bond donors (Lipinski definition) is 1. The van der Waals surface area contributed by atoms with Crippen molar-refractivity contribution in [2.75, 3.05) is 26.2 Å². The molecule has 6 nitrogen and oxygen atoms in total. The Labute approximate surface area is 173 Å². The van der Waals surface area contributed by atoms with Crippen molar-refractivity contribution in [3.8, 4) is 5.75 Å². The molecule has 0 aromatic carbocycles. The van der Waals surface area contributed by atoms with E-state index in [4.69, 9.17) is 9.47 Å². The number of amides is 1. The van der Waals surface area contributed by atoms with Crippen LogP contribution in [-0.2, 0) is 11.2 Å². The largest absolute Gasteiger partial charge is 0.485 e. The van der Waals surface area contributed by atoms with E-state index in [0.29, 0.717) is 5.92 Å². The number of hydrogen-bond acceptors (Lipinski definition) is 5. The number of pyridine rings is 1. The molecule has 1 saturated heterocycles. The lowest BCUT2D eigenvalue weighted by atomic mass is 9.79. The number of rotatable bonds is 2. The minimum absolute atomic E-state index is 0.208. The maximum absolute atomic E-state index is 12.3. The topological polar surface area (TPSA) is 63.7 Å². The summed E-state index contributed by atoms with van der Waals surface area (Å²) in [5, 5.41) is 3.35. The molecular weight excluding hydrogens is 366 g/mol. The summed E-state index contributed by atoms with van der Waals surface area (Å²) in [5.74, 6) is 1.33. The summed E-state index contributed by atoms with van der Waals surface area (Å²) in [6.45, 7) is 11.3. The number of aromatic nitrogens is 1. The normalized spacial score (nSPS) is 25.2. The fourth-order valence-electron chi connectivity index (χ4n) is 4.64. The van der Waals surface area contributed by atoms with Crippen LogP contribution in [0, 0.1) is 5.92 Å². The predicted octanol–water partition coefficient (Wildman–Crippen LogP) is 3.80. The van der Waals surface area contributed by atoms with Crippen LogP contribution in [0.1, 0.15) is 58.2 Å². The number of nitrogens with one attached hydrogen (secondary N) is 1. The Balaban J connectivity index is 1.39. The minimum atomic E-state index is -0.454. The van der Waals surface area contributed by atoms with Crippen molar-refractivity contribution in [2.45, 2.75) is 64.6 Å². The van der Waals surface area contributed by atoms with E-state index in [1.807, 2.05) is 31.9 Å². The molecule has 0 saturated carbocycles. The number of carbonyl (C=O) groups excluding carboxylic acids is 1. The Morgan fingerprint density at radius 2 is 2.10 bits per heavy atom. The molecule has 0 aliphatic carbocycles. The van der Waals surface area contributed by atoms with E-state index in [1.165, 1.54) is 11.1 Å². The summed E-state index contributed by atoms with van der Waals surface area (Å²) in [4.78, 5) is 18.8. The SMILES string of the molecule is CC(C)(C)OC(=O)N1CCC([C@@]2(C)Cc3cc(C4=CCNCC4)ncc3O2)CC1. The van der Waals surface area contributed by atoms with Gasteiger partial charge >= 0.3 is 6.09 Å². The lowest BCUT2D eigenvalue weighted by Crippen LogP contribution is -2.48. The number of carbonyl (C=O) groups is 1. The lowest BCUT2D eigenvalue weighted by Gasteiger charge is -2.40. The molecule has 29 heavy (non-hydrogen) atoms. The van der Waals surface area contributed by atoms with Gasteiger partial charge < -0.3 is 19.7 Å². The van der Waals surface area contributed by atoms with E-state index in [-0.39, 0.29) is 11.7 Å². The van der Waals surface area contributed by atoms with Gasteiger partial charge in [-0.15, -0.1) is 0 Å². The smallest absolute Gasteiger partial charge is 0.410 e. The van der Waals surface area contributed by atoms with Gasteiger partial charge in [-0.05, 0) is 65.1 Å². The number of fused-ring (bicyclic) bond motifs is 1. The molecule has 1 aromatic heterocycles. The first-order chi connectivity index (χ1) is 13.7. The fraction of sp³-hybridized carbons (Fsp3) is 0.652. The van der Waals surface area contributed by atoms with Crippen LogP contribution < -0.4 is 10.1 Å². The van der Waals surface area contributed by atoms with Crippen LogP contribution in [0.5, 0.6) is 5.75 Å². The third kappa shape index (κ3) is 4.42. The summed E-state index contributed by atoms with van der Waals surface area (Å²) in [6.07, 6.45) is 7.71. The highest BCUT2D eigenvalue weighted by molar-refractivity contribution is 5.68. The first kappa shape index (κ1) is 20.2. The molecule has 1 amide bonds. The Kier molecular flexibility index (Phi) is 5.32. The van der Waals surface area contributed by atoms with Crippen LogP contribution in [0.2, 0.25) is 0 Å². The zero-order valence-corrected chi connectivity index (χ0v) is 18.1. The Hall–Kier alpha value is -2.08. The van der Waals surface area contributed by atoms with Gasteiger partial charge in [0.05, 0.1) is 11.9 Å². The van der Waals surface area contributed by atoms with E-state index in [1.54, 1.807) is 0 Å². The van der Waals surface area contributed by atoms with E-state index in [9.17, 15) is 4.79 Å². The van der Waals surface area contributed by atoms with Crippen LogP contribution in [0.4, 0.5) is 4.79 Å². The van der Waals surface area contributed by atoms with E-state index >= 15 is 0 Å². The lowest BCUT2D eigenvalue weighted by molar-refractivity contribution is -0.00829. The van der Waals surface area contributed by atoms with Crippen molar-refractivity contribution in [2.24, 2.45) is 5.92 Å². The molecule has 1 atom stereocenters. The molecule has 6 heteroatoms. The van der Waals surface area contributed by atoms with E-state index < -0.39 is 5.60 Å². The maximum atomic E-state index is 12.3. The van der Waals surface area contributed by atoms with Gasteiger partial charge in [0.1, 0.15) is 17.0 Å². The molecule has 3 aliphatic rings. The van der Waals surface area contributed by atoms with E-state index in [0.717, 1.165) is 63.3 Å². The van der Waals surface area contributed by atoms with Crippen LogP contribution in [-0.4, -0.2) is 53.4 Å². The minimum Gasteiger partial charge on any atom is -0.485 e. The number of nitrogens with zero attached hydrogens (tertiary/aromatic N) is 2.